The number of pyridine rings is 2. The molecular weight excluding hydrogens is 334 g/mol. The van der Waals surface area contributed by atoms with Crippen molar-refractivity contribution in [1.82, 2.24) is 9.97 Å². The maximum Gasteiger partial charge on any atom is 0.272 e. The fourth-order valence-electron chi connectivity index (χ4n) is 2.21. The first-order valence-electron chi connectivity index (χ1n) is 7.86. The maximum atomic E-state index is 12.2. The number of carbonyl (C=O) groups excluding carboxylic acids is 1. The average molecular weight is 351 g/mol. The molecule has 3 rings (SSSR count). The zero-order chi connectivity index (χ0) is 18.4. The predicted octanol–water partition coefficient (Wildman–Crippen LogP) is 2.61. The van der Waals surface area contributed by atoms with Crippen LogP contribution in [0.1, 0.15) is 16.1 Å². The Kier molecular flexibility index (Phi) is 5.28. The number of rotatable bonds is 6. The van der Waals surface area contributed by atoms with Crippen molar-refractivity contribution in [2.24, 2.45) is 0 Å². The number of nitrogens with one attached hydrogen (secondary N) is 2. The van der Waals surface area contributed by atoms with Crippen molar-refractivity contribution in [3.05, 3.63) is 82.4 Å². The molecule has 0 aliphatic rings. The maximum absolute atomic E-state index is 12.2. The van der Waals surface area contributed by atoms with Crippen LogP contribution in [0.15, 0.2) is 65.7 Å². The molecule has 2 N–H and O–H groups in total. The summed E-state index contributed by atoms with van der Waals surface area (Å²) < 4.78 is 10.5. The molecule has 26 heavy (non-hydrogen) atoms. The van der Waals surface area contributed by atoms with Crippen molar-refractivity contribution in [1.29, 1.82) is 0 Å². The first-order chi connectivity index (χ1) is 12.7. The summed E-state index contributed by atoms with van der Waals surface area (Å²) in [6.07, 6.45) is 2.85. The van der Waals surface area contributed by atoms with E-state index in [1.54, 1.807) is 12.1 Å². The van der Waals surface area contributed by atoms with E-state index in [-0.39, 0.29) is 23.5 Å². The second-order valence-electron chi connectivity index (χ2n) is 5.39. The topological polar surface area (TPSA) is 93.3 Å². The smallest absolute Gasteiger partial charge is 0.272 e. The SMILES string of the molecule is COc1ccc(NC(=O)c2cc(=O)c(OCc3ccccc3)c[nH]2)cn1. The summed E-state index contributed by atoms with van der Waals surface area (Å²) in [4.78, 5) is 31.2. The van der Waals surface area contributed by atoms with Gasteiger partial charge in [0.1, 0.15) is 12.3 Å². The van der Waals surface area contributed by atoms with Crippen LogP contribution in [-0.2, 0) is 6.61 Å². The van der Waals surface area contributed by atoms with E-state index in [9.17, 15) is 9.59 Å². The van der Waals surface area contributed by atoms with E-state index >= 15 is 0 Å². The minimum absolute atomic E-state index is 0.123. The number of nitrogens with zero attached hydrogens (tertiary/aromatic N) is 1. The third-order valence-electron chi connectivity index (χ3n) is 3.56. The molecule has 132 valence electrons. The van der Waals surface area contributed by atoms with Gasteiger partial charge in [0.2, 0.25) is 11.3 Å². The zero-order valence-corrected chi connectivity index (χ0v) is 14.1. The highest BCUT2D eigenvalue weighted by atomic mass is 16.5. The molecule has 1 aromatic carbocycles. The molecule has 7 heteroatoms. The molecular formula is C19H17N3O4. The Bertz CT molecular complexity index is 937. The lowest BCUT2D eigenvalue weighted by atomic mass is 10.2. The van der Waals surface area contributed by atoms with Gasteiger partial charge >= 0.3 is 0 Å². The number of benzene rings is 1. The molecule has 0 atom stereocenters. The van der Waals surface area contributed by atoms with Crippen LogP contribution in [0.5, 0.6) is 11.6 Å². The molecule has 0 spiro atoms. The number of methoxy groups -OCH3 is 1. The predicted molar refractivity (Wildman–Crippen MR) is 96.6 cm³/mol. The van der Waals surface area contributed by atoms with Gasteiger partial charge in [-0.05, 0) is 11.6 Å². The van der Waals surface area contributed by atoms with Gasteiger partial charge in [0.25, 0.3) is 5.91 Å². The number of amides is 1. The molecule has 0 fully saturated rings. The van der Waals surface area contributed by atoms with Gasteiger partial charge in [0, 0.05) is 18.3 Å². The van der Waals surface area contributed by atoms with Crippen molar-refractivity contribution < 1.29 is 14.3 Å². The van der Waals surface area contributed by atoms with E-state index in [4.69, 9.17) is 9.47 Å². The molecule has 2 aromatic heterocycles. The lowest BCUT2D eigenvalue weighted by Crippen LogP contribution is -2.17. The molecule has 0 saturated heterocycles. The Labute approximate surface area is 149 Å². The summed E-state index contributed by atoms with van der Waals surface area (Å²) in [6.45, 7) is 0.271. The van der Waals surface area contributed by atoms with Crippen LogP contribution in [0.4, 0.5) is 5.69 Å². The molecule has 0 unspecified atom stereocenters. The van der Waals surface area contributed by atoms with Crippen LogP contribution >= 0.6 is 0 Å². The van der Waals surface area contributed by atoms with Crippen LogP contribution < -0.4 is 20.2 Å². The molecule has 0 bridgehead atoms. The molecule has 1 amide bonds. The first-order valence-corrected chi connectivity index (χ1v) is 7.86. The first kappa shape index (κ1) is 17.2. The molecule has 3 aromatic rings. The van der Waals surface area contributed by atoms with Crippen molar-refractivity contribution in [3.63, 3.8) is 0 Å². The van der Waals surface area contributed by atoms with E-state index in [1.807, 2.05) is 30.3 Å². The fraction of sp³-hybridized carbons (Fsp3) is 0.105. The van der Waals surface area contributed by atoms with Gasteiger partial charge in [-0.15, -0.1) is 0 Å². The highest BCUT2D eigenvalue weighted by Gasteiger charge is 2.10. The van der Waals surface area contributed by atoms with Gasteiger partial charge in [-0.1, -0.05) is 30.3 Å². The number of carbonyl (C=O) groups is 1. The van der Waals surface area contributed by atoms with Gasteiger partial charge in [-0.25, -0.2) is 4.98 Å². The van der Waals surface area contributed by atoms with Crippen molar-refractivity contribution in [2.75, 3.05) is 12.4 Å². The van der Waals surface area contributed by atoms with E-state index in [0.29, 0.717) is 11.6 Å². The number of hydrogen-bond acceptors (Lipinski definition) is 5. The van der Waals surface area contributed by atoms with Crippen LogP contribution in [0.3, 0.4) is 0 Å². The highest BCUT2D eigenvalue weighted by Crippen LogP contribution is 2.12. The summed E-state index contributed by atoms with van der Waals surface area (Å²) in [5, 5.41) is 2.65. The van der Waals surface area contributed by atoms with Gasteiger partial charge in [-0.2, -0.15) is 0 Å². The number of ether oxygens (including phenoxy) is 2. The second kappa shape index (κ2) is 7.98. The van der Waals surface area contributed by atoms with Gasteiger partial charge < -0.3 is 19.8 Å². The van der Waals surface area contributed by atoms with E-state index in [0.717, 1.165) is 5.56 Å². The number of aromatic nitrogens is 2. The summed E-state index contributed by atoms with van der Waals surface area (Å²) in [6, 6.07) is 14.0. The van der Waals surface area contributed by atoms with Gasteiger partial charge in [0.15, 0.2) is 5.75 Å². The normalized spacial score (nSPS) is 10.2. The standard InChI is InChI=1S/C19H17N3O4/c1-25-18-8-7-14(10-21-18)22-19(24)15-9-16(23)17(11-20-15)26-12-13-5-3-2-4-6-13/h2-11H,12H2,1H3,(H,20,23)(H,22,24). The number of hydrogen-bond donors (Lipinski definition) is 2. The minimum atomic E-state index is -0.455. The molecule has 2 heterocycles. The zero-order valence-electron chi connectivity index (χ0n) is 14.1. The van der Waals surface area contributed by atoms with Crippen LogP contribution in [0, 0.1) is 0 Å². The van der Waals surface area contributed by atoms with E-state index < -0.39 is 5.91 Å². The quantitative estimate of drug-likeness (QED) is 0.712. The summed E-state index contributed by atoms with van der Waals surface area (Å²) >= 11 is 0. The van der Waals surface area contributed by atoms with Crippen molar-refractivity contribution in [2.45, 2.75) is 6.61 Å². The number of H-pyrrole nitrogens is 1. The van der Waals surface area contributed by atoms with Gasteiger partial charge in [0.05, 0.1) is 19.0 Å². The Hall–Kier alpha value is -3.61. The summed E-state index contributed by atoms with van der Waals surface area (Å²) in [5.74, 6) is 0.136. The fourth-order valence-corrected chi connectivity index (χ4v) is 2.21. The molecule has 0 radical (unpaired) electrons. The Morgan fingerprint density at radius 3 is 2.65 bits per heavy atom. The minimum Gasteiger partial charge on any atom is -0.483 e. The number of anilines is 1. The molecule has 0 aliphatic heterocycles. The largest absolute Gasteiger partial charge is 0.483 e. The third-order valence-corrected chi connectivity index (χ3v) is 3.56. The highest BCUT2D eigenvalue weighted by molar-refractivity contribution is 6.02. The summed E-state index contributed by atoms with van der Waals surface area (Å²) in [7, 11) is 1.51. The lowest BCUT2D eigenvalue weighted by Gasteiger charge is -2.08. The Morgan fingerprint density at radius 2 is 2.00 bits per heavy atom. The Balaban J connectivity index is 1.66. The van der Waals surface area contributed by atoms with Crippen molar-refractivity contribution >= 4 is 11.6 Å². The molecule has 0 saturated carbocycles. The van der Waals surface area contributed by atoms with Crippen LogP contribution in [0.2, 0.25) is 0 Å². The van der Waals surface area contributed by atoms with Gasteiger partial charge in [-0.3, -0.25) is 9.59 Å². The average Bonchev–Trinajstić information content (AvgIpc) is 2.68. The molecule has 7 nitrogen and oxygen atoms in total. The van der Waals surface area contributed by atoms with E-state index in [2.05, 4.69) is 15.3 Å². The van der Waals surface area contributed by atoms with Crippen molar-refractivity contribution in [3.8, 4) is 11.6 Å². The van der Waals surface area contributed by atoms with Crippen LogP contribution in [-0.4, -0.2) is 23.0 Å². The number of aromatic amines is 1. The Morgan fingerprint density at radius 1 is 1.19 bits per heavy atom. The summed E-state index contributed by atoms with van der Waals surface area (Å²) in [5.41, 5.74) is 1.18. The molecule has 0 aliphatic carbocycles. The second-order valence-corrected chi connectivity index (χ2v) is 5.39. The van der Waals surface area contributed by atoms with E-state index in [1.165, 1.54) is 25.6 Å². The monoisotopic (exact) mass is 351 g/mol. The lowest BCUT2D eigenvalue weighted by molar-refractivity contribution is 0.102. The van der Waals surface area contributed by atoms with Crippen LogP contribution in [0.25, 0.3) is 0 Å². The third kappa shape index (κ3) is 4.27.